The molecular formula is C13H13MgO3S+. The van der Waals surface area contributed by atoms with Gasteiger partial charge in [-0.3, -0.25) is 4.55 Å². The summed E-state index contributed by atoms with van der Waals surface area (Å²) in [6, 6.07) is 18.5. The van der Waals surface area contributed by atoms with Crippen LogP contribution in [0.4, 0.5) is 0 Å². The molecular weight excluding hydrogens is 261 g/mol. The summed E-state index contributed by atoms with van der Waals surface area (Å²) in [5, 5.41) is 0. The van der Waals surface area contributed by atoms with Gasteiger partial charge < -0.3 is 0 Å². The fourth-order valence-electron chi connectivity index (χ4n) is 1.05. The van der Waals surface area contributed by atoms with E-state index in [1.54, 1.807) is 12.1 Å². The van der Waals surface area contributed by atoms with Crippen molar-refractivity contribution < 1.29 is 13.0 Å². The number of hydrogen-bond acceptors (Lipinski definition) is 2. The SMILES string of the molecule is Cc1ccc(S(=O)(=O)O)cc1.[Mg+2].[c-]1ccccc1. The molecule has 2 rings (SSSR count). The minimum Gasteiger partial charge on any atom is -0.282 e. The monoisotopic (exact) mass is 273 g/mol. The molecule has 1 N–H and O–H groups in total. The van der Waals surface area contributed by atoms with Crippen LogP contribution in [0.5, 0.6) is 0 Å². The van der Waals surface area contributed by atoms with Crippen LogP contribution in [0.25, 0.3) is 0 Å². The maximum atomic E-state index is 10.5. The average Bonchev–Trinajstić information content (AvgIpc) is 2.31. The van der Waals surface area contributed by atoms with Crippen molar-refractivity contribution in [3.05, 3.63) is 66.2 Å². The minimum atomic E-state index is -4.02. The molecule has 3 nitrogen and oxygen atoms in total. The van der Waals surface area contributed by atoms with Gasteiger partial charge in [0.05, 0.1) is 4.90 Å². The standard InChI is InChI=1S/C7H8O3S.C6H5.Mg/c1-6-2-4-7(5-3-6)11(8,9)10;1-2-4-6-5-3-1;/h2-5H,1H3,(H,8,9,10);1-5H;/q;-1;+2. The molecule has 0 amide bonds. The van der Waals surface area contributed by atoms with Crippen molar-refractivity contribution >= 4 is 33.2 Å². The quantitative estimate of drug-likeness (QED) is 0.493. The first-order valence-electron chi connectivity index (χ1n) is 4.95. The van der Waals surface area contributed by atoms with Gasteiger partial charge in [-0.2, -0.15) is 44.8 Å². The summed E-state index contributed by atoms with van der Waals surface area (Å²) < 4.78 is 29.6. The molecule has 90 valence electrons. The van der Waals surface area contributed by atoms with E-state index in [2.05, 4.69) is 6.07 Å². The van der Waals surface area contributed by atoms with Crippen molar-refractivity contribution in [1.82, 2.24) is 0 Å². The Kier molecular flexibility index (Phi) is 7.85. The Morgan fingerprint density at radius 3 is 1.78 bits per heavy atom. The van der Waals surface area contributed by atoms with Crippen LogP contribution in [-0.4, -0.2) is 36.0 Å². The molecule has 0 aliphatic heterocycles. The molecule has 0 fully saturated rings. The van der Waals surface area contributed by atoms with Crippen LogP contribution in [0.15, 0.2) is 59.5 Å². The molecule has 0 atom stereocenters. The summed E-state index contributed by atoms with van der Waals surface area (Å²) in [6.45, 7) is 1.84. The number of aryl methyl sites for hydroxylation is 1. The summed E-state index contributed by atoms with van der Waals surface area (Å²) in [5.41, 5.74) is 0.956. The largest absolute Gasteiger partial charge is 2.00 e. The van der Waals surface area contributed by atoms with E-state index in [0.717, 1.165) is 5.56 Å². The Hall–Kier alpha value is -0.884. The first-order valence-corrected chi connectivity index (χ1v) is 6.39. The van der Waals surface area contributed by atoms with Gasteiger partial charge in [0.2, 0.25) is 0 Å². The van der Waals surface area contributed by atoms with Crippen LogP contribution in [0.2, 0.25) is 0 Å². The van der Waals surface area contributed by atoms with Gasteiger partial charge in [-0.15, -0.1) is 0 Å². The number of rotatable bonds is 1. The number of hydrogen-bond donors (Lipinski definition) is 1. The van der Waals surface area contributed by atoms with Crippen molar-refractivity contribution in [3.63, 3.8) is 0 Å². The summed E-state index contributed by atoms with van der Waals surface area (Å²) in [4.78, 5) is -0.0666. The summed E-state index contributed by atoms with van der Waals surface area (Å²) in [5.74, 6) is 0. The summed E-state index contributed by atoms with van der Waals surface area (Å²) in [6.07, 6.45) is 0. The van der Waals surface area contributed by atoms with Crippen LogP contribution < -0.4 is 0 Å². The zero-order valence-corrected chi connectivity index (χ0v) is 12.3. The van der Waals surface area contributed by atoms with Gasteiger partial charge in [-0.05, 0) is 19.1 Å². The molecule has 5 heteroatoms. The zero-order valence-electron chi connectivity index (χ0n) is 10.1. The van der Waals surface area contributed by atoms with Crippen LogP contribution in [-0.2, 0) is 10.1 Å². The second kappa shape index (κ2) is 8.26. The van der Waals surface area contributed by atoms with Gasteiger partial charge in [0.25, 0.3) is 10.1 Å². The van der Waals surface area contributed by atoms with Gasteiger partial charge in [-0.1, -0.05) is 17.7 Å². The van der Waals surface area contributed by atoms with Crippen LogP contribution in [0.1, 0.15) is 5.56 Å². The van der Waals surface area contributed by atoms with Crippen molar-refractivity contribution in [1.29, 1.82) is 0 Å². The van der Waals surface area contributed by atoms with Crippen LogP contribution >= 0.6 is 0 Å². The molecule has 0 unspecified atom stereocenters. The van der Waals surface area contributed by atoms with Gasteiger partial charge in [0.15, 0.2) is 0 Å². The average molecular weight is 274 g/mol. The Bertz CT molecular complexity index is 510. The molecule has 0 bridgehead atoms. The smallest absolute Gasteiger partial charge is 0.282 e. The van der Waals surface area contributed by atoms with Crippen molar-refractivity contribution in [2.45, 2.75) is 11.8 Å². The molecule has 0 saturated carbocycles. The van der Waals surface area contributed by atoms with E-state index >= 15 is 0 Å². The van der Waals surface area contributed by atoms with Gasteiger partial charge in [0.1, 0.15) is 0 Å². The predicted molar refractivity (Wildman–Crippen MR) is 72.0 cm³/mol. The third-order valence-corrected chi connectivity index (χ3v) is 2.79. The molecule has 2 aromatic carbocycles. The summed E-state index contributed by atoms with van der Waals surface area (Å²) >= 11 is 0. The predicted octanol–water partition coefficient (Wildman–Crippen LogP) is 2.35. The summed E-state index contributed by atoms with van der Waals surface area (Å²) in [7, 11) is -4.02. The number of benzene rings is 2. The maximum absolute atomic E-state index is 10.5. The normalized spacial score (nSPS) is 9.67. The van der Waals surface area contributed by atoms with E-state index in [9.17, 15) is 8.42 Å². The molecule has 18 heavy (non-hydrogen) atoms. The molecule has 0 aromatic heterocycles. The molecule has 0 aliphatic rings. The van der Waals surface area contributed by atoms with Gasteiger partial charge >= 0.3 is 23.1 Å². The van der Waals surface area contributed by atoms with Gasteiger partial charge in [-0.25, -0.2) is 0 Å². The zero-order chi connectivity index (χ0) is 12.7. The van der Waals surface area contributed by atoms with E-state index in [-0.39, 0.29) is 27.9 Å². The fourth-order valence-corrected chi connectivity index (χ4v) is 1.53. The Morgan fingerprint density at radius 2 is 1.50 bits per heavy atom. The van der Waals surface area contributed by atoms with E-state index in [1.165, 1.54) is 12.1 Å². The second-order valence-corrected chi connectivity index (χ2v) is 4.79. The van der Waals surface area contributed by atoms with Gasteiger partial charge in [0, 0.05) is 0 Å². The van der Waals surface area contributed by atoms with E-state index in [0.29, 0.717) is 0 Å². The minimum absolute atomic E-state index is 0. The van der Waals surface area contributed by atoms with Crippen molar-refractivity contribution in [3.8, 4) is 0 Å². The van der Waals surface area contributed by atoms with E-state index in [1.807, 2.05) is 37.3 Å². The third kappa shape index (κ3) is 6.76. The Labute approximate surface area is 124 Å². The third-order valence-electron chi connectivity index (χ3n) is 1.93. The molecule has 2 aromatic rings. The molecule has 0 spiro atoms. The molecule has 0 radical (unpaired) electrons. The first kappa shape index (κ1) is 17.1. The fraction of sp³-hybridized carbons (Fsp3) is 0.0769. The molecule has 0 heterocycles. The first-order chi connectivity index (χ1) is 8.00. The van der Waals surface area contributed by atoms with Crippen molar-refractivity contribution in [2.24, 2.45) is 0 Å². The molecule has 0 saturated heterocycles. The van der Waals surface area contributed by atoms with E-state index in [4.69, 9.17) is 4.55 Å². The van der Waals surface area contributed by atoms with Crippen LogP contribution in [0.3, 0.4) is 0 Å². The maximum Gasteiger partial charge on any atom is 2.00 e. The Morgan fingerprint density at radius 1 is 1.00 bits per heavy atom. The Balaban J connectivity index is 0.000000352. The molecule has 0 aliphatic carbocycles. The topological polar surface area (TPSA) is 54.4 Å². The van der Waals surface area contributed by atoms with E-state index < -0.39 is 10.1 Å². The van der Waals surface area contributed by atoms with Crippen LogP contribution in [0, 0.1) is 13.0 Å². The second-order valence-electron chi connectivity index (χ2n) is 3.37. The van der Waals surface area contributed by atoms with Crippen molar-refractivity contribution in [2.75, 3.05) is 0 Å².